The molecule has 1 aliphatic heterocycles. The zero-order valence-corrected chi connectivity index (χ0v) is 7.75. The van der Waals surface area contributed by atoms with Gasteiger partial charge in [-0.05, 0) is 24.3 Å². The lowest BCUT2D eigenvalue weighted by Gasteiger charge is -2.11. The van der Waals surface area contributed by atoms with E-state index in [-0.39, 0.29) is 6.41 Å². The van der Waals surface area contributed by atoms with E-state index in [1.54, 1.807) is 0 Å². The molecule has 0 amide bonds. The van der Waals surface area contributed by atoms with Gasteiger partial charge in [-0.2, -0.15) is 0 Å². The van der Waals surface area contributed by atoms with Gasteiger partial charge in [0.25, 0.3) is 0 Å². The second-order valence-electron chi connectivity index (χ2n) is 2.72. The summed E-state index contributed by atoms with van der Waals surface area (Å²) < 4.78 is 10.4. The SMILES string of the molecule is Clc1ccc(NC2OCCO2)cc1. The quantitative estimate of drug-likeness (QED) is 0.791. The van der Waals surface area contributed by atoms with Crippen LogP contribution >= 0.6 is 11.6 Å². The van der Waals surface area contributed by atoms with Crippen molar-refractivity contribution in [3.63, 3.8) is 0 Å². The molecule has 2 rings (SSSR count). The molecule has 0 aromatic heterocycles. The molecule has 0 atom stereocenters. The number of nitrogens with one attached hydrogen (secondary N) is 1. The lowest BCUT2D eigenvalue weighted by Crippen LogP contribution is -2.19. The van der Waals surface area contributed by atoms with Crippen molar-refractivity contribution in [2.24, 2.45) is 0 Å². The molecule has 0 saturated carbocycles. The third kappa shape index (κ3) is 2.34. The lowest BCUT2D eigenvalue weighted by atomic mass is 10.3. The average Bonchev–Trinajstić information content (AvgIpc) is 2.62. The predicted molar refractivity (Wildman–Crippen MR) is 50.8 cm³/mol. The fourth-order valence-corrected chi connectivity index (χ4v) is 1.25. The molecule has 1 aliphatic rings. The van der Waals surface area contributed by atoms with E-state index < -0.39 is 0 Å². The number of hydrogen-bond acceptors (Lipinski definition) is 3. The van der Waals surface area contributed by atoms with Crippen LogP contribution in [-0.2, 0) is 9.47 Å². The number of benzene rings is 1. The third-order valence-corrected chi connectivity index (χ3v) is 2.00. The summed E-state index contributed by atoms with van der Waals surface area (Å²) in [6.45, 7) is 1.29. The van der Waals surface area contributed by atoms with Gasteiger partial charge in [0.1, 0.15) is 0 Å². The standard InChI is InChI=1S/C9H10ClNO2/c10-7-1-3-8(4-2-7)11-9-12-5-6-13-9/h1-4,9,11H,5-6H2. The van der Waals surface area contributed by atoms with Crippen LogP contribution in [0.3, 0.4) is 0 Å². The van der Waals surface area contributed by atoms with Crippen molar-refractivity contribution in [2.45, 2.75) is 6.41 Å². The molecule has 1 aromatic rings. The number of ether oxygens (including phenoxy) is 2. The molecule has 0 aliphatic carbocycles. The Morgan fingerprint density at radius 1 is 1.15 bits per heavy atom. The second kappa shape index (κ2) is 3.96. The summed E-state index contributed by atoms with van der Waals surface area (Å²) in [7, 11) is 0. The molecule has 0 spiro atoms. The number of anilines is 1. The van der Waals surface area contributed by atoms with Gasteiger partial charge in [-0.1, -0.05) is 11.6 Å². The first kappa shape index (κ1) is 8.81. The van der Waals surface area contributed by atoms with Crippen LogP contribution in [0, 0.1) is 0 Å². The van der Waals surface area contributed by atoms with Gasteiger partial charge in [-0.3, -0.25) is 0 Å². The minimum Gasteiger partial charge on any atom is -0.337 e. The van der Waals surface area contributed by atoms with Crippen LogP contribution in [0.5, 0.6) is 0 Å². The van der Waals surface area contributed by atoms with Gasteiger partial charge in [0, 0.05) is 10.7 Å². The Balaban J connectivity index is 1.97. The zero-order chi connectivity index (χ0) is 9.10. The highest BCUT2D eigenvalue weighted by molar-refractivity contribution is 6.30. The Bertz CT molecular complexity index is 269. The Labute approximate surface area is 81.6 Å². The lowest BCUT2D eigenvalue weighted by molar-refractivity contribution is -0.0177. The maximum Gasteiger partial charge on any atom is 0.238 e. The maximum absolute atomic E-state index is 5.74. The Morgan fingerprint density at radius 2 is 1.77 bits per heavy atom. The first-order valence-corrected chi connectivity index (χ1v) is 4.48. The molecule has 3 nitrogen and oxygen atoms in total. The van der Waals surface area contributed by atoms with E-state index >= 15 is 0 Å². The van der Waals surface area contributed by atoms with Crippen LogP contribution in [0.2, 0.25) is 5.02 Å². The molecule has 13 heavy (non-hydrogen) atoms. The number of rotatable bonds is 2. The van der Waals surface area contributed by atoms with Gasteiger partial charge in [0.05, 0.1) is 13.2 Å². The fourth-order valence-electron chi connectivity index (χ4n) is 1.12. The summed E-state index contributed by atoms with van der Waals surface area (Å²) in [5.41, 5.74) is 0.941. The molecule has 1 saturated heterocycles. The summed E-state index contributed by atoms with van der Waals surface area (Å²) in [6.07, 6.45) is -0.318. The molecular formula is C9H10ClNO2. The minimum absolute atomic E-state index is 0.318. The molecule has 1 aromatic carbocycles. The summed E-state index contributed by atoms with van der Waals surface area (Å²) in [5, 5.41) is 3.79. The molecule has 4 heteroatoms. The number of halogens is 1. The minimum atomic E-state index is -0.318. The first-order valence-electron chi connectivity index (χ1n) is 4.10. The molecule has 0 radical (unpaired) electrons. The highest BCUT2D eigenvalue weighted by Crippen LogP contribution is 2.15. The van der Waals surface area contributed by atoms with Crippen LogP contribution in [0.15, 0.2) is 24.3 Å². The van der Waals surface area contributed by atoms with Crippen LogP contribution in [0.1, 0.15) is 0 Å². The topological polar surface area (TPSA) is 30.5 Å². The molecule has 70 valence electrons. The van der Waals surface area contributed by atoms with E-state index in [0.29, 0.717) is 13.2 Å². The first-order chi connectivity index (χ1) is 6.34. The van der Waals surface area contributed by atoms with Crippen molar-refractivity contribution in [3.05, 3.63) is 29.3 Å². The van der Waals surface area contributed by atoms with Crippen molar-refractivity contribution in [1.29, 1.82) is 0 Å². The van der Waals surface area contributed by atoms with Crippen molar-refractivity contribution in [2.75, 3.05) is 18.5 Å². The van der Waals surface area contributed by atoms with Crippen molar-refractivity contribution in [1.82, 2.24) is 0 Å². The largest absolute Gasteiger partial charge is 0.337 e. The van der Waals surface area contributed by atoms with E-state index in [1.807, 2.05) is 24.3 Å². The highest BCUT2D eigenvalue weighted by atomic mass is 35.5. The Kier molecular flexibility index (Phi) is 2.68. The maximum atomic E-state index is 5.74. The molecule has 0 bridgehead atoms. The van der Waals surface area contributed by atoms with Gasteiger partial charge < -0.3 is 14.8 Å². The van der Waals surface area contributed by atoms with E-state index in [4.69, 9.17) is 21.1 Å². The fraction of sp³-hybridized carbons (Fsp3) is 0.333. The summed E-state index contributed by atoms with van der Waals surface area (Å²) in [5.74, 6) is 0. The van der Waals surface area contributed by atoms with Gasteiger partial charge in [0.15, 0.2) is 0 Å². The van der Waals surface area contributed by atoms with Crippen LogP contribution < -0.4 is 5.32 Å². The van der Waals surface area contributed by atoms with Crippen LogP contribution in [0.4, 0.5) is 5.69 Å². The second-order valence-corrected chi connectivity index (χ2v) is 3.16. The van der Waals surface area contributed by atoms with E-state index in [0.717, 1.165) is 10.7 Å². The van der Waals surface area contributed by atoms with E-state index in [2.05, 4.69) is 5.32 Å². The molecular weight excluding hydrogens is 190 g/mol. The van der Waals surface area contributed by atoms with Crippen LogP contribution in [0.25, 0.3) is 0 Å². The molecule has 1 heterocycles. The summed E-state index contributed by atoms with van der Waals surface area (Å²) in [6, 6.07) is 7.40. The summed E-state index contributed by atoms with van der Waals surface area (Å²) >= 11 is 5.74. The van der Waals surface area contributed by atoms with Gasteiger partial charge >= 0.3 is 0 Å². The van der Waals surface area contributed by atoms with Crippen molar-refractivity contribution < 1.29 is 9.47 Å². The van der Waals surface area contributed by atoms with Crippen molar-refractivity contribution >= 4 is 17.3 Å². The average molecular weight is 200 g/mol. The molecule has 0 unspecified atom stereocenters. The molecule has 1 N–H and O–H groups in total. The summed E-state index contributed by atoms with van der Waals surface area (Å²) in [4.78, 5) is 0. The van der Waals surface area contributed by atoms with Crippen molar-refractivity contribution in [3.8, 4) is 0 Å². The van der Waals surface area contributed by atoms with E-state index in [1.165, 1.54) is 0 Å². The molecule has 1 fully saturated rings. The normalized spacial score (nSPS) is 17.6. The third-order valence-electron chi connectivity index (χ3n) is 1.75. The Hall–Kier alpha value is -0.770. The monoisotopic (exact) mass is 199 g/mol. The van der Waals surface area contributed by atoms with Crippen LogP contribution in [-0.4, -0.2) is 19.6 Å². The zero-order valence-electron chi connectivity index (χ0n) is 7.00. The van der Waals surface area contributed by atoms with Gasteiger partial charge in [0.2, 0.25) is 6.41 Å². The highest BCUT2D eigenvalue weighted by Gasteiger charge is 2.14. The number of hydrogen-bond donors (Lipinski definition) is 1. The van der Waals surface area contributed by atoms with Gasteiger partial charge in [-0.25, -0.2) is 0 Å². The van der Waals surface area contributed by atoms with Gasteiger partial charge in [-0.15, -0.1) is 0 Å². The Morgan fingerprint density at radius 3 is 2.38 bits per heavy atom. The smallest absolute Gasteiger partial charge is 0.238 e. The predicted octanol–water partition coefficient (Wildman–Crippen LogP) is 2.08. The van der Waals surface area contributed by atoms with E-state index in [9.17, 15) is 0 Å².